The van der Waals surface area contributed by atoms with Gasteiger partial charge in [-0.2, -0.15) is 0 Å². The molecule has 3 N–H and O–H groups in total. The van der Waals surface area contributed by atoms with E-state index in [4.69, 9.17) is 19.3 Å². The molecule has 9 nitrogen and oxygen atoms in total. The first kappa shape index (κ1) is 23.1. The number of hydrogen-bond donors (Lipinski definition) is 3. The van der Waals surface area contributed by atoms with Crippen LogP contribution in [0.5, 0.6) is 5.75 Å². The largest absolute Gasteiger partial charge is 0.485 e. The van der Waals surface area contributed by atoms with Crippen LogP contribution in [-0.4, -0.2) is 40.0 Å². The third kappa shape index (κ3) is 5.58. The first-order valence-electron chi connectivity index (χ1n) is 9.49. The fourth-order valence-corrected chi connectivity index (χ4v) is 3.64. The zero-order chi connectivity index (χ0) is 22.8. The van der Waals surface area contributed by atoms with Crippen molar-refractivity contribution in [3.05, 3.63) is 65.2 Å². The molecule has 10 heteroatoms. The molecule has 3 rings (SSSR count). The Morgan fingerprint density at radius 1 is 1.13 bits per heavy atom. The van der Waals surface area contributed by atoms with E-state index in [9.17, 15) is 14.2 Å². The maximum Gasteiger partial charge on any atom is 0.471 e. The van der Waals surface area contributed by atoms with Crippen LogP contribution in [0.1, 0.15) is 53.1 Å². The number of Topliss-reactive ketones (excluding diaryl/α,β-unsaturated/α-hetero) is 1. The molecule has 1 amide bonds. The van der Waals surface area contributed by atoms with E-state index >= 15 is 0 Å². The lowest BCUT2D eigenvalue weighted by molar-refractivity contribution is -0.141. The first-order chi connectivity index (χ1) is 14.5. The number of rotatable bonds is 7. The molecule has 1 aliphatic heterocycles. The van der Waals surface area contributed by atoms with Crippen LogP contribution in [0.2, 0.25) is 0 Å². The Morgan fingerprint density at radius 2 is 1.81 bits per heavy atom. The zero-order valence-corrected chi connectivity index (χ0v) is 18.2. The molecule has 0 unspecified atom stereocenters. The van der Waals surface area contributed by atoms with Crippen molar-refractivity contribution in [2.75, 3.05) is 6.79 Å². The van der Waals surface area contributed by atoms with Crippen molar-refractivity contribution in [2.24, 2.45) is 0 Å². The second-order valence-corrected chi connectivity index (χ2v) is 8.90. The lowest BCUT2D eigenvalue weighted by Gasteiger charge is -2.44. The summed E-state index contributed by atoms with van der Waals surface area (Å²) in [6.07, 6.45) is -0.888. The molecule has 0 aliphatic carbocycles. The minimum Gasteiger partial charge on any atom is -0.485 e. The summed E-state index contributed by atoms with van der Waals surface area (Å²) in [7, 11) is -4.76. The molecule has 2 aromatic carbocycles. The van der Waals surface area contributed by atoms with Gasteiger partial charge in [0.25, 0.3) is 5.91 Å². The molecule has 0 saturated heterocycles. The topological polar surface area (TPSA) is 131 Å². The van der Waals surface area contributed by atoms with Crippen molar-refractivity contribution in [1.29, 1.82) is 0 Å². The predicted molar refractivity (Wildman–Crippen MR) is 111 cm³/mol. The third-order valence-corrected chi connectivity index (χ3v) is 5.35. The number of benzene rings is 2. The maximum absolute atomic E-state index is 12.9. The number of fused-ring (bicyclic) bond motifs is 1. The number of phosphoric acid groups is 1. The average Bonchev–Trinajstić information content (AvgIpc) is 2.69. The van der Waals surface area contributed by atoms with Crippen LogP contribution in [0.4, 0.5) is 0 Å². The van der Waals surface area contributed by atoms with E-state index in [2.05, 4.69) is 9.84 Å². The monoisotopic (exact) mass is 449 g/mol. The van der Waals surface area contributed by atoms with E-state index in [0.717, 1.165) is 0 Å². The van der Waals surface area contributed by atoms with Crippen molar-refractivity contribution in [1.82, 2.24) is 5.32 Å². The van der Waals surface area contributed by atoms with Gasteiger partial charge in [-0.15, -0.1) is 0 Å². The number of phosphoric ester groups is 1. The normalized spacial score (nSPS) is 19.8. The van der Waals surface area contributed by atoms with Crippen molar-refractivity contribution in [3.8, 4) is 5.75 Å². The molecule has 31 heavy (non-hydrogen) atoms. The Bertz CT molecular complexity index is 1020. The summed E-state index contributed by atoms with van der Waals surface area (Å²) in [5, 5.41) is 2.91. The summed E-state index contributed by atoms with van der Waals surface area (Å²) < 4.78 is 27.2. The van der Waals surface area contributed by atoms with Gasteiger partial charge >= 0.3 is 7.82 Å². The van der Waals surface area contributed by atoms with E-state index in [0.29, 0.717) is 22.4 Å². The Hall–Kier alpha value is -2.55. The van der Waals surface area contributed by atoms with Crippen LogP contribution in [0.15, 0.2) is 48.5 Å². The van der Waals surface area contributed by atoms with Crippen LogP contribution in [-0.2, 0) is 13.8 Å². The van der Waals surface area contributed by atoms with Gasteiger partial charge in [-0.1, -0.05) is 18.2 Å². The Kier molecular flexibility index (Phi) is 6.64. The molecular weight excluding hydrogens is 425 g/mol. The van der Waals surface area contributed by atoms with E-state index < -0.39 is 32.4 Å². The SMILES string of the molecule is CC(=O)c1ccc2c(c1)[C@@H](NC(=O)c1ccccc1)[C@@H](OCOP(=O)(O)O)C(C)(C)O2. The van der Waals surface area contributed by atoms with E-state index in [1.165, 1.54) is 6.92 Å². The molecule has 0 fully saturated rings. The van der Waals surface area contributed by atoms with Gasteiger partial charge in [0, 0.05) is 16.7 Å². The van der Waals surface area contributed by atoms with Gasteiger partial charge in [0.1, 0.15) is 17.5 Å². The molecule has 0 bridgehead atoms. The molecule has 1 aliphatic rings. The second-order valence-electron chi connectivity index (χ2n) is 7.66. The number of amides is 1. The third-order valence-electron chi connectivity index (χ3n) is 4.90. The van der Waals surface area contributed by atoms with Gasteiger partial charge in [-0.05, 0) is 51.1 Å². The van der Waals surface area contributed by atoms with Crippen LogP contribution >= 0.6 is 7.82 Å². The fraction of sp³-hybridized carbons (Fsp3) is 0.333. The molecule has 1 heterocycles. The minimum absolute atomic E-state index is 0.164. The summed E-state index contributed by atoms with van der Waals surface area (Å²) in [5.74, 6) is -0.0841. The van der Waals surface area contributed by atoms with Crippen molar-refractivity contribution < 1.29 is 37.9 Å². The van der Waals surface area contributed by atoms with E-state index in [1.54, 1.807) is 62.4 Å². The molecule has 0 spiro atoms. The molecule has 0 aromatic heterocycles. The summed E-state index contributed by atoms with van der Waals surface area (Å²) in [5.41, 5.74) is 0.350. The highest BCUT2D eigenvalue weighted by atomic mass is 31.2. The van der Waals surface area contributed by atoms with Crippen LogP contribution in [0, 0.1) is 0 Å². The number of carbonyl (C=O) groups excluding carboxylic acids is 2. The first-order valence-corrected chi connectivity index (χ1v) is 11.0. The Balaban J connectivity index is 1.99. The van der Waals surface area contributed by atoms with Crippen molar-refractivity contribution >= 4 is 19.5 Å². The summed E-state index contributed by atoms with van der Waals surface area (Å²) >= 11 is 0. The maximum atomic E-state index is 12.9. The van der Waals surface area contributed by atoms with Gasteiger partial charge in [-0.25, -0.2) is 4.57 Å². The molecule has 0 radical (unpaired) electrons. The zero-order valence-electron chi connectivity index (χ0n) is 17.3. The smallest absolute Gasteiger partial charge is 0.471 e. The summed E-state index contributed by atoms with van der Waals surface area (Å²) in [6.45, 7) is 4.15. The Labute approximate surface area is 179 Å². The van der Waals surface area contributed by atoms with E-state index in [1.807, 2.05) is 0 Å². The number of ether oxygens (including phenoxy) is 2. The number of ketones is 1. The molecular formula is C21H24NO8P. The summed E-state index contributed by atoms with van der Waals surface area (Å²) in [6, 6.07) is 12.7. The minimum atomic E-state index is -4.76. The van der Waals surface area contributed by atoms with Gasteiger partial charge in [-0.3, -0.25) is 14.1 Å². The van der Waals surface area contributed by atoms with Crippen LogP contribution in [0.25, 0.3) is 0 Å². The Morgan fingerprint density at radius 3 is 2.42 bits per heavy atom. The van der Waals surface area contributed by atoms with Crippen LogP contribution < -0.4 is 10.1 Å². The van der Waals surface area contributed by atoms with Gasteiger partial charge in [0.15, 0.2) is 12.6 Å². The average molecular weight is 449 g/mol. The summed E-state index contributed by atoms with van der Waals surface area (Å²) in [4.78, 5) is 42.7. The van der Waals surface area contributed by atoms with Crippen LogP contribution in [0.3, 0.4) is 0 Å². The number of nitrogens with one attached hydrogen (secondary N) is 1. The second kappa shape index (κ2) is 8.90. The quantitative estimate of drug-likeness (QED) is 0.334. The fourth-order valence-electron chi connectivity index (χ4n) is 3.45. The van der Waals surface area contributed by atoms with Gasteiger partial charge in [0.05, 0.1) is 6.04 Å². The van der Waals surface area contributed by atoms with E-state index in [-0.39, 0.29) is 11.7 Å². The molecule has 0 saturated carbocycles. The molecule has 166 valence electrons. The number of carbonyl (C=O) groups is 2. The molecule has 2 aromatic rings. The highest BCUT2D eigenvalue weighted by Gasteiger charge is 2.46. The van der Waals surface area contributed by atoms with Gasteiger partial charge in [0.2, 0.25) is 0 Å². The lowest BCUT2D eigenvalue weighted by atomic mass is 9.85. The lowest BCUT2D eigenvalue weighted by Crippen LogP contribution is -2.55. The highest BCUT2D eigenvalue weighted by molar-refractivity contribution is 7.46. The predicted octanol–water partition coefficient (Wildman–Crippen LogP) is 2.98. The number of hydrogen-bond acceptors (Lipinski definition) is 6. The molecule has 2 atom stereocenters. The van der Waals surface area contributed by atoms with Crippen molar-refractivity contribution in [2.45, 2.75) is 38.5 Å². The van der Waals surface area contributed by atoms with Gasteiger partial charge < -0.3 is 24.6 Å². The standard InChI is InChI=1S/C21H24NO8P/c1-13(23)15-9-10-17-16(11-15)18(22-20(24)14-7-5-4-6-8-14)19(21(2,3)30-17)28-12-29-31(25,26)27/h4-11,18-19H,12H2,1-3H3,(H,22,24)(H2,25,26,27)/t18-,19-/m1/s1. The van der Waals surface area contributed by atoms with Crippen molar-refractivity contribution in [3.63, 3.8) is 0 Å². The highest BCUT2D eigenvalue weighted by Crippen LogP contribution is 2.43.